The summed E-state index contributed by atoms with van der Waals surface area (Å²) in [5.41, 5.74) is 1.33. The molecule has 2 aromatic carbocycles. The molecule has 0 radical (unpaired) electrons. The maximum atomic E-state index is 12.1. The van der Waals surface area contributed by atoms with Gasteiger partial charge < -0.3 is 4.74 Å². The van der Waals surface area contributed by atoms with Crippen molar-refractivity contribution < 1.29 is 14.4 Å². The van der Waals surface area contributed by atoms with Crippen molar-refractivity contribution in [3.8, 4) is 0 Å². The molecule has 1 heterocycles. The van der Waals surface area contributed by atoms with Gasteiger partial charge in [-0.3, -0.25) is 4.90 Å². The lowest BCUT2D eigenvalue weighted by Crippen LogP contribution is -2.40. The third-order valence-electron chi connectivity index (χ3n) is 5.11. The average molecular weight is 400 g/mol. The molecule has 3 rings (SSSR count). The Bertz CT molecular complexity index is 776. The van der Waals surface area contributed by atoms with Gasteiger partial charge in [-0.1, -0.05) is 30.3 Å². The second kappa shape index (κ2) is 8.73. The lowest BCUT2D eigenvalue weighted by molar-refractivity contribution is 0.00695. The van der Waals surface area contributed by atoms with Crippen LogP contribution in [0.1, 0.15) is 36.7 Å². The van der Waals surface area contributed by atoms with Gasteiger partial charge in [0.25, 0.3) is 0 Å². The predicted molar refractivity (Wildman–Crippen MR) is 117 cm³/mol. The fourth-order valence-electron chi connectivity index (χ4n) is 3.46. The van der Waals surface area contributed by atoms with Crippen LogP contribution >= 0.6 is 7.49 Å². The van der Waals surface area contributed by atoms with Gasteiger partial charge >= 0.3 is 5.97 Å². The number of hydrogen-bond acceptors (Lipinski definition) is 4. The van der Waals surface area contributed by atoms with Gasteiger partial charge in [-0.15, -0.1) is 0 Å². The first kappa shape index (κ1) is 21.0. The number of rotatable bonds is 5. The quantitative estimate of drug-likeness (QED) is 0.614. The SMILES string of the molecule is CC(C)(C)OC(=O)c1ccc(CCN2CC[P+](O)(c3ccccc3)CC2)cc1. The first-order chi connectivity index (χ1) is 13.3. The molecule has 1 aliphatic heterocycles. The smallest absolute Gasteiger partial charge is 0.338 e. The summed E-state index contributed by atoms with van der Waals surface area (Å²) >= 11 is 0. The summed E-state index contributed by atoms with van der Waals surface area (Å²) < 4.78 is 5.41. The molecule has 0 bridgehead atoms. The molecule has 4 nitrogen and oxygen atoms in total. The normalized spacial score (nSPS) is 17.3. The first-order valence-corrected chi connectivity index (χ1v) is 12.1. The Morgan fingerprint density at radius 2 is 1.64 bits per heavy atom. The van der Waals surface area contributed by atoms with E-state index in [2.05, 4.69) is 17.0 Å². The number of carbonyl (C=O) groups is 1. The highest BCUT2D eigenvalue weighted by Gasteiger charge is 2.41. The molecule has 0 amide bonds. The Morgan fingerprint density at radius 3 is 2.21 bits per heavy atom. The zero-order valence-corrected chi connectivity index (χ0v) is 18.0. The van der Waals surface area contributed by atoms with Crippen molar-refractivity contribution in [1.29, 1.82) is 0 Å². The minimum atomic E-state index is -1.98. The Labute approximate surface area is 168 Å². The molecule has 0 aliphatic carbocycles. The molecule has 28 heavy (non-hydrogen) atoms. The molecule has 1 fully saturated rings. The van der Waals surface area contributed by atoms with Crippen LogP contribution < -0.4 is 5.30 Å². The third-order valence-corrected chi connectivity index (χ3v) is 8.25. The molecule has 2 aromatic rings. The number of esters is 1. The number of benzene rings is 2. The number of hydrogen-bond donors (Lipinski definition) is 1. The highest BCUT2D eigenvalue weighted by atomic mass is 31.2. The highest BCUT2D eigenvalue weighted by molar-refractivity contribution is 7.77. The fourth-order valence-corrected chi connectivity index (χ4v) is 6.15. The van der Waals surface area contributed by atoms with Crippen molar-refractivity contribution in [2.45, 2.75) is 32.8 Å². The van der Waals surface area contributed by atoms with E-state index < -0.39 is 13.1 Å². The molecule has 150 valence electrons. The molecule has 1 saturated heterocycles. The monoisotopic (exact) mass is 400 g/mol. The summed E-state index contributed by atoms with van der Waals surface area (Å²) in [7, 11) is -1.98. The van der Waals surface area contributed by atoms with Crippen molar-refractivity contribution >= 4 is 18.8 Å². The average Bonchev–Trinajstić information content (AvgIpc) is 2.67. The Morgan fingerprint density at radius 1 is 1.04 bits per heavy atom. The van der Waals surface area contributed by atoms with Crippen LogP contribution in [0.2, 0.25) is 0 Å². The molecule has 0 aromatic heterocycles. The van der Waals surface area contributed by atoms with Gasteiger partial charge in [0, 0.05) is 19.6 Å². The largest absolute Gasteiger partial charge is 0.456 e. The van der Waals surface area contributed by atoms with Gasteiger partial charge in [0.15, 0.2) is 7.49 Å². The lowest BCUT2D eigenvalue weighted by Gasteiger charge is -2.32. The van der Waals surface area contributed by atoms with Crippen molar-refractivity contribution in [3.63, 3.8) is 0 Å². The molecule has 0 saturated carbocycles. The zero-order chi connectivity index (χ0) is 20.2. The van der Waals surface area contributed by atoms with Crippen molar-refractivity contribution in [1.82, 2.24) is 4.90 Å². The van der Waals surface area contributed by atoms with Gasteiger partial charge in [0.1, 0.15) is 23.2 Å². The minimum absolute atomic E-state index is 0.278. The van der Waals surface area contributed by atoms with Crippen LogP contribution in [0.4, 0.5) is 0 Å². The third kappa shape index (κ3) is 5.64. The second-order valence-electron chi connectivity index (χ2n) is 8.50. The van der Waals surface area contributed by atoms with Gasteiger partial charge in [0.05, 0.1) is 5.56 Å². The van der Waals surface area contributed by atoms with E-state index in [0.717, 1.165) is 43.7 Å². The van der Waals surface area contributed by atoms with Crippen LogP contribution in [0.3, 0.4) is 0 Å². The van der Waals surface area contributed by atoms with Crippen molar-refractivity contribution in [3.05, 3.63) is 65.7 Å². The summed E-state index contributed by atoms with van der Waals surface area (Å²) in [5, 5.41) is 1.13. The van der Waals surface area contributed by atoms with Crippen molar-refractivity contribution in [2.24, 2.45) is 0 Å². The molecular weight excluding hydrogens is 369 g/mol. The summed E-state index contributed by atoms with van der Waals surface area (Å²) in [6, 6.07) is 17.9. The fraction of sp³-hybridized carbons (Fsp3) is 0.435. The molecular formula is C23H31NO3P+. The number of carbonyl (C=O) groups excluding carboxylic acids is 1. The Balaban J connectivity index is 1.48. The molecule has 1 aliphatic rings. The predicted octanol–water partition coefficient (Wildman–Crippen LogP) is 3.75. The maximum absolute atomic E-state index is 12.1. The molecule has 5 heteroatoms. The van der Waals surface area contributed by atoms with Crippen LogP contribution in [0.15, 0.2) is 54.6 Å². The number of ether oxygens (including phenoxy) is 1. The first-order valence-electron chi connectivity index (χ1n) is 9.95. The van der Waals surface area contributed by atoms with Crippen LogP contribution in [0.25, 0.3) is 0 Å². The van der Waals surface area contributed by atoms with E-state index in [0.29, 0.717) is 5.56 Å². The van der Waals surface area contributed by atoms with Gasteiger partial charge in [-0.2, -0.15) is 0 Å². The minimum Gasteiger partial charge on any atom is -0.456 e. The van der Waals surface area contributed by atoms with Crippen LogP contribution in [-0.2, 0) is 11.2 Å². The molecule has 0 atom stereocenters. The zero-order valence-electron chi connectivity index (χ0n) is 17.1. The summed E-state index contributed by atoms with van der Waals surface area (Å²) in [4.78, 5) is 25.6. The van der Waals surface area contributed by atoms with Gasteiger partial charge in [-0.05, 0) is 57.0 Å². The van der Waals surface area contributed by atoms with Crippen molar-refractivity contribution in [2.75, 3.05) is 32.0 Å². The van der Waals surface area contributed by atoms with E-state index in [1.54, 1.807) is 0 Å². The summed E-state index contributed by atoms with van der Waals surface area (Å²) in [6.45, 7) is 8.47. The van der Waals surface area contributed by atoms with E-state index in [9.17, 15) is 9.69 Å². The Kier molecular flexibility index (Phi) is 6.54. The molecule has 0 spiro atoms. The van der Waals surface area contributed by atoms with Crippen LogP contribution in [-0.4, -0.2) is 53.3 Å². The van der Waals surface area contributed by atoms with Crippen LogP contribution in [0.5, 0.6) is 0 Å². The highest BCUT2D eigenvalue weighted by Crippen LogP contribution is 2.54. The standard InChI is InChI=1S/C23H31NO3P/c1-23(2,3)27-22(25)20-11-9-19(10-12-20)13-14-24-15-17-28(26,18-16-24)21-7-5-4-6-8-21/h4-12,26H,13-18H2,1-3H3/q+1. The van der Waals surface area contributed by atoms with E-state index in [4.69, 9.17) is 4.74 Å². The maximum Gasteiger partial charge on any atom is 0.338 e. The topological polar surface area (TPSA) is 49.8 Å². The van der Waals surface area contributed by atoms with E-state index in [-0.39, 0.29) is 5.97 Å². The van der Waals surface area contributed by atoms with Crippen LogP contribution in [0, 0.1) is 0 Å². The van der Waals surface area contributed by atoms with Gasteiger partial charge in [0.2, 0.25) is 0 Å². The van der Waals surface area contributed by atoms with E-state index in [1.807, 2.05) is 63.2 Å². The summed E-state index contributed by atoms with van der Waals surface area (Å²) in [6.07, 6.45) is 2.68. The summed E-state index contributed by atoms with van der Waals surface area (Å²) in [5.74, 6) is -0.278. The van der Waals surface area contributed by atoms with Gasteiger partial charge in [-0.25, -0.2) is 9.69 Å². The number of nitrogens with zero attached hydrogens (tertiary/aromatic N) is 1. The second-order valence-corrected chi connectivity index (χ2v) is 11.8. The lowest BCUT2D eigenvalue weighted by atomic mass is 10.1. The Hall–Kier alpha value is -1.74. The van der Waals surface area contributed by atoms with E-state index >= 15 is 0 Å². The van der Waals surface area contributed by atoms with E-state index in [1.165, 1.54) is 5.56 Å². The molecule has 1 N–H and O–H groups in total. The molecule has 0 unspecified atom stereocenters.